The van der Waals surface area contributed by atoms with E-state index in [0.717, 1.165) is 32.5 Å². The molecule has 1 aromatic rings. The SMILES string of the molecule is O=S1(=O)CCCC1CN1CCNC(c2ccccc2)C1. The molecule has 20 heavy (non-hydrogen) atoms. The second-order valence-corrected chi connectivity index (χ2v) is 8.21. The molecule has 0 radical (unpaired) electrons. The molecule has 2 unspecified atom stereocenters. The van der Waals surface area contributed by atoms with Crippen LogP contribution in [0.1, 0.15) is 24.4 Å². The standard InChI is InChI=1S/C15H22N2O2S/c18-20(19)10-4-7-14(20)11-17-9-8-16-15(12-17)13-5-2-1-3-6-13/h1-3,5-6,14-16H,4,7-12H2. The minimum absolute atomic E-state index is 0.142. The van der Waals surface area contributed by atoms with Crippen LogP contribution >= 0.6 is 0 Å². The lowest BCUT2D eigenvalue weighted by Crippen LogP contribution is -2.48. The summed E-state index contributed by atoms with van der Waals surface area (Å²) in [6, 6.07) is 10.7. The smallest absolute Gasteiger partial charge is 0.154 e. The molecular formula is C15H22N2O2S. The first-order valence-corrected chi connectivity index (χ1v) is 9.09. The van der Waals surface area contributed by atoms with Crippen molar-refractivity contribution in [1.29, 1.82) is 0 Å². The van der Waals surface area contributed by atoms with E-state index in [0.29, 0.717) is 18.3 Å². The van der Waals surface area contributed by atoms with Crippen molar-refractivity contribution in [3.63, 3.8) is 0 Å². The van der Waals surface area contributed by atoms with E-state index in [1.165, 1.54) is 5.56 Å². The maximum absolute atomic E-state index is 11.9. The van der Waals surface area contributed by atoms with Crippen LogP contribution in [0.15, 0.2) is 30.3 Å². The topological polar surface area (TPSA) is 49.4 Å². The third-order valence-electron chi connectivity index (χ3n) is 4.39. The Balaban J connectivity index is 1.64. The van der Waals surface area contributed by atoms with E-state index < -0.39 is 9.84 Å². The quantitative estimate of drug-likeness (QED) is 0.910. The van der Waals surface area contributed by atoms with Gasteiger partial charge in [-0.1, -0.05) is 30.3 Å². The van der Waals surface area contributed by atoms with Crippen molar-refractivity contribution in [2.75, 3.05) is 31.9 Å². The minimum atomic E-state index is -2.83. The van der Waals surface area contributed by atoms with Crippen LogP contribution in [0.2, 0.25) is 0 Å². The summed E-state index contributed by atoms with van der Waals surface area (Å²) in [7, 11) is -2.83. The average Bonchev–Trinajstić information content (AvgIpc) is 2.79. The number of benzene rings is 1. The largest absolute Gasteiger partial charge is 0.308 e. The summed E-state index contributed by atoms with van der Waals surface area (Å²) in [5.74, 6) is 0.381. The first-order chi connectivity index (χ1) is 9.65. The molecule has 0 aromatic heterocycles. The maximum atomic E-state index is 11.9. The second-order valence-electron chi connectivity index (χ2n) is 5.81. The van der Waals surface area contributed by atoms with Crippen LogP contribution in [-0.2, 0) is 9.84 Å². The lowest BCUT2D eigenvalue weighted by molar-refractivity contribution is 0.199. The van der Waals surface area contributed by atoms with Crippen LogP contribution in [0.3, 0.4) is 0 Å². The van der Waals surface area contributed by atoms with Gasteiger partial charge in [0.1, 0.15) is 0 Å². The molecule has 4 nitrogen and oxygen atoms in total. The molecule has 110 valence electrons. The Morgan fingerprint density at radius 1 is 1.25 bits per heavy atom. The van der Waals surface area contributed by atoms with Crippen molar-refractivity contribution in [3.05, 3.63) is 35.9 Å². The maximum Gasteiger partial charge on any atom is 0.154 e. The van der Waals surface area contributed by atoms with E-state index in [1.54, 1.807) is 0 Å². The minimum Gasteiger partial charge on any atom is -0.308 e. The highest BCUT2D eigenvalue weighted by Crippen LogP contribution is 2.23. The van der Waals surface area contributed by atoms with Crippen LogP contribution in [0.4, 0.5) is 0 Å². The molecule has 0 saturated carbocycles. The zero-order valence-electron chi connectivity index (χ0n) is 11.7. The molecule has 0 aliphatic carbocycles. The molecule has 2 heterocycles. The Kier molecular flexibility index (Phi) is 4.10. The molecule has 0 spiro atoms. The molecule has 0 bridgehead atoms. The van der Waals surface area contributed by atoms with Gasteiger partial charge >= 0.3 is 0 Å². The summed E-state index contributed by atoms with van der Waals surface area (Å²) in [5, 5.41) is 3.38. The lowest BCUT2D eigenvalue weighted by atomic mass is 10.0. The first kappa shape index (κ1) is 14.0. The van der Waals surface area contributed by atoms with Gasteiger partial charge in [-0.05, 0) is 18.4 Å². The third-order valence-corrected chi connectivity index (χ3v) is 6.64. The Morgan fingerprint density at radius 3 is 2.75 bits per heavy atom. The van der Waals surface area contributed by atoms with Gasteiger partial charge in [-0.15, -0.1) is 0 Å². The van der Waals surface area contributed by atoms with Crippen LogP contribution in [0.25, 0.3) is 0 Å². The van der Waals surface area contributed by atoms with Crippen LogP contribution in [-0.4, -0.2) is 50.5 Å². The van der Waals surface area contributed by atoms with Gasteiger partial charge in [0.25, 0.3) is 0 Å². The summed E-state index contributed by atoms with van der Waals surface area (Å²) < 4.78 is 23.9. The summed E-state index contributed by atoms with van der Waals surface area (Å²) in [4.78, 5) is 2.31. The van der Waals surface area contributed by atoms with Gasteiger partial charge in [-0.25, -0.2) is 8.42 Å². The van der Waals surface area contributed by atoms with Crippen LogP contribution in [0.5, 0.6) is 0 Å². The van der Waals surface area contributed by atoms with Gasteiger partial charge in [0, 0.05) is 32.2 Å². The Labute approximate surface area is 121 Å². The van der Waals surface area contributed by atoms with Gasteiger partial charge in [0.2, 0.25) is 0 Å². The molecule has 2 aliphatic heterocycles. The average molecular weight is 294 g/mol. The summed E-state index contributed by atoms with van der Waals surface area (Å²) in [6.07, 6.45) is 1.67. The zero-order valence-corrected chi connectivity index (χ0v) is 12.5. The number of nitrogens with one attached hydrogen (secondary N) is 1. The van der Waals surface area contributed by atoms with E-state index in [4.69, 9.17) is 0 Å². The van der Waals surface area contributed by atoms with Crippen molar-refractivity contribution in [2.24, 2.45) is 0 Å². The fourth-order valence-corrected chi connectivity index (χ4v) is 5.10. The van der Waals surface area contributed by atoms with E-state index in [2.05, 4.69) is 34.5 Å². The molecule has 2 saturated heterocycles. The molecule has 3 rings (SSSR count). The van der Waals surface area contributed by atoms with Crippen LogP contribution < -0.4 is 5.32 Å². The lowest BCUT2D eigenvalue weighted by Gasteiger charge is -2.35. The first-order valence-electron chi connectivity index (χ1n) is 7.37. The fourth-order valence-electron chi connectivity index (χ4n) is 3.24. The molecule has 5 heteroatoms. The monoisotopic (exact) mass is 294 g/mol. The van der Waals surface area contributed by atoms with Gasteiger partial charge in [0.15, 0.2) is 9.84 Å². The summed E-state index contributed by atoms with van der Waals surface area (Å²) in [5.41, 5.74) is 1.28. The van der Waals surface area contributed by atoms with Gasteiger partial charge < -0.3 is 5.32 Å². The highest BCUT2D eigenvalue weighted by Gasteiger charge is 2.33. The number of piperazine rings is 1. The highest BCUT2D eigenvalue weighted by molar-refractivity contribution is 7.92. The molecule has 2 atom stereocenters. The molecular weight excluding hydrogens is 272 g/mol. The van der Waals surface area contributed by atoms with Crippen molar-refractivity contribution in [2.45, 2.75) is 24.1 Å². The number of rotatable bonds is 3. The van der Waals surface area contributed by atoms with Crippen molar-refractivity contribution in [3.8, 4) is 0 Å². The van der Waals surface area contributed by atoms with Crippen molar-refractivity contribution in [1.82, 2.24) is 10.2 Å². The number of hydrogen-bond acceptors (Lipinski definition) is 4. The van der Waals surface area contributed by atoms with Gasteiger partial charge in [-0.3, -0.25) is 4.90 Å². The van der Waals surface area contributed by atoms with Crippen molar-refractivity contribution < 1.29 is 8.42 Å². The summed E-state index contributed by atoms with van der Waals surface area (Å²) >= 11 is 0. The third kappa shape index (κ3) is 3.05. The number of hydrogen-bond donors (Lipinski definition) is 1. The molecule has 0 amide bonds. The zero-order chi connectivity index (χ0) is 14.0. The van der Waals surface area contributed by atoms with E-state index >= 15 is 0 Å². The number of nitrogens with zero attached hydrogens (tertiary/aromatic N) is 1. The van der Waals surface area contributed by atoms with Gasteiger partial charge in [0.05, 0.1) is 11.0 Å². The molecule has 2 fully saturated rings. The second kappa shape index (κ2) is 5.84. The normalized spacial score (nSPS) is 30.4. The Bertz CT molecular complexity index is 544. The Morgan fingerprint density at radius 2 is 2.05 bits per heavy atom. The Hall–Kier alpha value is -0.910. The number of sulfone groups is 1. The fraction of sp³-hybridized carbons (Fsp3) is 0.600. The highest BCUT2D eigenvalue weighted by atomic mass is 32.2. The molecule has 1 N–H and O–H groups in total. The summed E-state index contributed by atoms with van der Waals surface area (Å²) in [6.45, 7) is 3.46. The van der Waals surface area contributed by atoms with E-state index in [-0.39, 0.29) is 5.25 Å². The van der Waals surface area contributed by atoms with E-state index in [9.17, 15) is 8.42 Å². The molecule has 1 aromatic carbocycles. The van der Waals surface area contributed by atoms with Gasteiger partial charge in [-0.2, -0.15) is 0 Å². The predicted molar refractivity (Wildman–Crippen MR) is 80.4 cm³/mol. The van der Waals surface area contributed by atoms with E-state index in [1.807, 2.05) is 6.07 Å². The van der Waals surface area contributed by atoms with Crippen LogP contribution in [0, 0.1) is 0 Å². The van der Waals surface area contributed by atoms with Crippen molar-refractivity contribution >= 4 is 9.84 Å². The predicted octanol–water partition coefficient (Wildman–Crippen LogP) is 1.21. The molecule has 2 aliphatic rings.